The molecule has 1 amide bonds. The van der Waals surface area contributed by atoms with Crippen LogP contribution in [0.4, 0.5) is 11.5 Å². The van der Waals surface area contributed by atoms with Crippen molar-refractivity contribution in [1.82, 2.24) is 9.97 Å². The van der Waals surface area contributed by atoms with Gasteiger partial charge in [0.1, 0.15) is 5.69 Å². The SMILES string of the molecule is O=C1Nc2cnc(Cl)nc2NC2CCCCC12. The summed E-state index contributed by atoms with van der Waals surface area (Å²) in [4.78, 5) is 20.1. The number of amides is 1. The van der Waals surface area contributed by atoms with E-state index in [0.29, 0.717) is 11.5 Å². The molecule has 0 aromatic carbocycles. The summed E-state index contributed by atoms with van der Waals surface area (Å²) >= 11 is 5.77. The predicted octanol–water partition coefficient (Wildman–Crippen LogP) is 2.05. The molecule has 2 heterocycles. The molecule has 0 saturated heterocycles. The number of hydrogen-bond donors (Lipinski definition) is 2. The van der Waals surface area contributed by atoms with Crippen LogP contribution in [0.15, 0.2) is 6.20 Å². The number of rotatable bonds is 0. The van der Waals surface area contributed by atoms with Crippen LogP contribution in [0.5, 0.6) is 0 Å². The van der Waals surface area contributed by atoms with Gasteiger partial charge in [0.15, 0.2) is 5.82 Å². The first-order valence-corrected chi connectivity index (χ1v) is 6.22. The summed E-state index contributed by atoms with van der Waals surface area (Å²) in [5.41, 5.74) is 0.619. The number of aromatic nitrogens is 2. The number of anilines is 2. The fourth-order valence-corrected chi connectivity index (χ4v) is 2.71. The van der Waals surface area contributed by atoms with Crippen molar-refractivity contribution < 1.29 is 4.79 Å². The Hall–Kier alpha value is -1.36. The highest BCUT2D eigenvalue weighted by Crippen LogP contribution is 2.33. The van der Waals surface area contributed by atoms with Crippen LogP contribution in [0, 0.1) is 5.92 Å². The second kappa shape index (κ2) is 4.14. The first-order chi connectivity index (χ1) is 8.24. The molecule has 1 fully saturated rings. The summed E-state index contributed by atoms with van der Waals surface area (Å²) in [6, 6.07) is 0.163. The Bertz CT molecular complexity index is 465. The molecule has 1 saturated carbocycles. The quantitative estimate of drug-likeness (QED) is 0.694. The average molecular weight is 253 g/mol. The van der Waals surface area contributed by atoms with Crippen molar-refractivity contribution in [2.45, 2.75) is 31.7 Å². The lowest BCUT2D eigenvalue weighted by atomic mass is 9.84. The molecule has 0 bridgehead atoms. The maximum atomic E-state index is 12.1. The third-order valence-corrected chi connectivity index (χ3v) is 3.62. The minimum Gasteiger partial charge on any atom is -0.365 e. The van der Waals surface area contributed by atoms with Crippen molar-refractivity contribution in [2.75, 3.05) is 10.6 Å². The fourth-order valence-electron chi connectivity index (χ4n) is 2.58. The molecular formula is C11H13ClN4O. The molecule has 5 nitrogen and oxygen atoms in total. The number of nitrogens with one attached hydrogen (secondary N) is 2. The predicted molar refractivity (Wildman–Crippen MR) is 65.0 cm³/mol. The summed E-state index contributed by atoms with van der Waals surface area (Å²) in [6.07, 6.45) is 5.74. The maximum Gasteiger partial charge on any atom is 0.229 e. The highest BCUT2D eigenvalue weighted by molar-refractivity contribution is 6.28. The standard InChI is InChI=1S/C11H13ClN4O/c12-11-13-5-8-9(16-11)14-7-4-2-1-3-6(7)10(17)15-8/h5-7H,1-4H2,(H,15,17)(H,13,14,16). The van der Waals surface area contributed by atoms with Gasteiger partial charge >= 0.3 is 0 Å². The first-order valence-electron chi connectivity index (χ1n) is 5.84. The number of hydrogen-bond acceptors (Lipinski definition) is 4. The van der Waals surface area contributed by atoms with Gasteiger partial charge in [-0.3, -0.25) is 4.79 Å². The molecular weight excluding hydrogens is 240 g/mol. The molecule has 3 rings (SSSR count). The van der Waals surface area contributed by atoms with Crippen molar-refractivity contribution in [3.8, 4) is 0 Å². The number of fused-ring (bicyclic) bond motifs is 2. The second-order valence-electron chi connectivity index (χ2n) is 4.53. The van der Waals surface area contributed by atoms with Gasteiger partial charge in [-0.05, 0) is 24.4 Å². The molecule has 1 aliphatic carbocycles. The van der Waals surface area contributed by atoms with E-state index in [1.165, 1.54) is 0 Å². The minimum absolute atomic E-state index is 0.0247. The van der Waals surface area contributed by atoms with E-state index in [4.69, 9.17) is 11.6 Å². The van der Waals surface area contributed by atoms with Gasteiger partial charge in [0, 0.05) is 6.04 Å². The summed E-state index contributed by atoms with van der Waals surface area (Å²) in [7, 11) is 0. The lowest BCUT2D eigenvalue weighted by Gasteiger charge is -2.28. The van der Waals surface area contributed by atoms with Crippen molar-refractivity contribution in [3.63, 3.8) is 0 Å². The summed E-state index contributed by atoms with van der Waals surface area (Å²) in [5.74, 6) is 0.719. The zero-order valence-electron chi connectivity index (χ0n) is 9.24. The minimum atomic E-state index is 0.0247. The van der Waals surface area contributed by atoms with E-state index in [-0.39, 0.29) is 23.2 Å². The molecule has 1 aliphatic heterocycles. The normalized spacial score (nSPS) is 27.2. The van der Waals surface area contributed by atoms with E-state index in [1.807, 2.05) is 0 Å². The van der Waals surface area contributed by atoms with Gasteiger partial charge in [-0.25, -0.2) is 4.98 Å². The molecule has 2 unspecified atom stereocenters. The lowest BCUT2D eigenvalue weighted by molar-refractivity contribution is -0.120. The fraction of sp³-hybridized carbons (Fsp3) is 0.545. The van der Waals surface area contributed by atoms with Gasteiger partial charge in [0.2, 0.25) is 11.2 Å². The average Bonchev–Trinajstić information content (AvgIpc) is 2.46. The Labute approximate surface area is 104 Å². The number of carbonyl (C=O) groups excluding carboxylic acids is 1. The number of carbonyl (C=O) groups is 1. The highest BCUT2D eigenvalue weighted by Gasteiger charge is 2.34. The van der Waals surface area contributed by atoms with Crippen molar-refractivity contribution in [3.05, 3.63) is 11.5 Å². The Balaban J connectivity index is 1.98. The third kappa shape index (κ3) is 1.95. The van der Waals surface area contributed by atoms with E-state index >= 15 is 0 Å². The molecule has 0 spiro atoms. The maximum absolute atomic E-state index is 12.1. The van der Waals surface area contributed by atoms with Crippen LogP contribution in [0.25, 0.3) is 0 Å². The molecule has 90 valence electrons. The van der Waals surface area contributed by atoms with E-state index < -0.39 is 0 Å². The molecule has 2 atom stereocenters. The smallest absolute Gasteiger partial charge is 0.229 e. The van der Waals surface area contributed by atoms with Crippen LogP contribution in [-0.2, 0) is 4.79 Å². The Kier molecular flexibility index (Phi) is 2.63. The van der Waals surface area contributed by atoms with Crippen LogP contribution in [0.2, 0.25) is 5.28 Å². The van der Waals surface area contributed by atoms with Gasteiger partial charge in [-0.1, -0.05) is 12.8 Å². The Morgan fingerprint density at radius 2 is 2.18 bits per heavy atom. The zero-order chi connectivity index (χ0) is 11.8. The molecule has 2 N–H and O–H groups in total. The zero-order valence-corrected chi connectivity index (χ0v) is 10.00. The van der Waals surface area contributed by atoms with E-state index in [1.54, 1.807) is 6.20 Å². The van der Waals surface area contributed by atoms with Crippen LogP contribution in [-0.4, -0.2) is 21.9 Å². The number of halogens is 1. The highest BCUT2D eigenvalue weighted by atomic mass is 35.5. The summed E-state index contributed by atoms with van der Waals surface area (Å²) in [6.45, 7) is 0. The summed E-state index contributed by atoms with van der Waals surface area (Å²) in [5, 5.41) is 6.37. The Morgan fingerprint density at radius 3 is 3.06 bits per heavy atom. The van der Waals surface area contributed by atoms with Crippen LogP contribution in [0.3, 0.4) is 0 Å². The van der Waals surface area contributed by atoms with Crippen LogP contribution >= 0.6 is 11.6 Å². The second-order valence-corrected chi connectivity index (χ2v) is 4.87. The first kappa shape index (κ1) is 10.8. The Morgan fingerprint density at radius 1 is 1.35 bits per heavy atom. The van der Waals surface area contributed by atoms with E-state index in [2.05, 4.69) is 20.6 Å². The van der Waals surface area contributed by atoms with Gasteiger partial charge < -0.3 is 10.6 Å². The topological polar surface area (TPSA) is 66.9 Å². The van der Waals surface area contributed by atoms with E-state index in [9.17, 15) is 4.79 Å². The largest absolute Gasteiger partial charge is 0.365 e. The van der Waals surface area contributed by atoms with Crippen LogP contribution < -0.4 is 10.6 Å². The number of nitrogens with zero attached hydrogens (tertiary/aromatic N) is 2. The van der Waals surface area contributed by atoms with Gasteiger partial charge in [-0.15, -0.1) is 0 Å². The van der Waals surface area contributed by atoms with Gasteiger partial charge in [-0.2, -0.15) is 4.98 Å². The summed E-state index contributed by atoms with van der Waals surface area (Å²) < 4.78 is 0. The van der Waals surface area contributed by atoms with Gasteiger partial charge in [0.05, 0.1) is 12.1 Å². The lowest BCUT2D eigenvalue weighted by Crippen LogP contribution is -2.37. The molecule has 0 radical (unpaired) electrons. The van der Waals surface area contributed by atoms with Crippen LogP contribution in [0.1, 0.15) is 25.7 Å². The monoisotopic (exact) mass is 252 g/mol. The molecule has 1 aromatic rings. The molecule has 17 heavy (non-hydrogen) atoms. The molecule has 2 aliphatic rings. The third-order valence-electron chi connectivity index (χ3n) is 3.44. The molecule has 6 heteroatoms. The van der Waals surface area contributed by atoms with Crippen molar-refractivity contribution in [1.29, 1.82) is 0 Å². The van der Waals surface area contributed by atoms with Gasteiger partial charge in [0.25, 0.3) is 0 Å². The molecule has 1 aromatic heterocycles. The van der Waals surface area contributed by atoms with E-state index in [0.717, 1.165) is 25.7 Å². The van der Waals surface area contributed by atoms with Crippen molar-refractivity contribution >= 4 is 29.0 Å². The van der Waals surface area contributed by atoms with Crippen molar-refractivity contribution in [2.24, 2.45) is 5.92 Å².